The van der Waals surface area contributed by atoms with Crippen molar-refractivity contribution in [3.8, 4) is 5.69 Å². The van der Waals surface area contributed by atoms with Crippen molar-refractivity contribution >= 4 is 45.9 Å². The molecule has 4 rings (SSSR count). The smallest absolute Gasteiger partial charge is 0.266 e. The zero-order valence-corrected chi connectivity index (χ0v) is 19.0. The van der Waals surface area contributed by atoms with Crippen LogP contribution in [0.5, 0.6) is 0 Å². The molecule has 0 radical (unpaired) electrons. The van der Waals surface area contributed by atoms with E-state index in [1.165, 1.54) is 18.7 Å². The standard InChI is InChI=1S/C25H22N4O3S/c1-16-7-13-20(14-8-16)29-24(32)21-5-3-4-6-22(21)28-25(29)33-15-23(31)27-19-11-9-18(10-12-19)26-17(2)30/h3-14H,15H2,1-2H3,(H,26,30)(H,27,31). The van der Waals surface area contributed by atoms with Gasteiger partial charge in [-0.1, -0.05) is 41.6 Å². The van der Waals surface area contributed by atoms with Gasteiger partial charge in [-0.05, 0) is 55.5 Å². The average Bonchev–Trinajstić information content (AvgIpc) is 2.80. The molecule has 2 amide bonds. The van der Waals surface area contributed by atoms with Crippen molar-refractivity contribution in [3.63, 3.8) is 0 Å². The molecule has 1 heterocycles. The number of hydrogen-bond acceptors (Lipinski definition) is 5. The van der Waals surface area contributed by atoms with E-state index >= 15 is 0 Å². The highest BCUT2D eigenvalue weighted by molar-refractivity contribution is 7.99. The molecule has 0 unspecified atom stereocenters. The van der Waals surface area contributed by atoms with E-state index in [1.54, 1.807) is 41.0 Å². The first-order valence-electron chi connectivity index (χ1n) is 10.3. The average molecular weight is 459 g/mol. The number of nitrogens with zero attached hydrogens (tertiary/aromatic N) is 2. The Kier molecular flexibility index (Phi) is 6.55. The molecule has 2 N–H and O–H groups in total. The van der Waals surface area contributed by atoms with Crippen molar-refractivity contribution < 1.29 is 9.59 Å². The number of thioether (sulfide) groups is 1. The summed E-state index contributed by atoms with van der Waals surface area (Å²) in [5, 5.41) is 6.47. The van der Waals surface area contributed by atoms with Crippen LogP contribution in [0.3, 0.4) is 0 Å². The van der Waals surface area contributed by atoms with Crippen molar-refractivity contribution in [2.75, 3.05) is 16.4 Å². The topological polar surface area (TPSA) is 93.1 Å². The lowest BCUT2D eigenvalue weighted by Crippen LogP contribution is -2.23. The first-order valence-corrected chi connectivity index (χ1v) is 11.3. The van der Waals surface area contributed by atoms with Crippen LogP contribution in [0.4, 0.5) is 11.4 Å². The van der Waals surface area contributed by atoms with Gasteiger partial charge in [0.2, 0.25) is 11.8 Å². The van der Waals surface area contributed by atoms with Crippen LogP contribution < -0.4 is 16.2 Å². The van der Waals surface area contributed by atoms with Crippen LogP contribution in [0.15, 0.2) is 82.7 Å². The lowest BCUT2D eigenvalue weighted by molar-refractivity contribution is -0.114. The van der Waals surface area contributed by atoms with Gasteiger partial charge in [0.05, 0.1) is 22.3 Å². The van der Waals surface area contributed by atoms with Gasteiger partial charge in [-0.3, -0.25) is 19.0 Å². The minimum Gasteiger partial charge on any atom is -0.326 e. The molecule has 0 aliphatic rings. The van der Waals surface area contributed by atoms with E-state index in [9.17, 15) is 14.4 Å². The lowest BCUT2D eigenvalue weighted by Gasteiger charge is -2.13. The maximum Gasteiger partial charge on any atom is 0.266 e. The molecule has 0 aliphatic carbocycles. The van der Waals surface area contributed by atoms with Crippen LogP contribution in [-0.2, 0) is 9.59 Å². The third-order valence-corrected chi connectivity index (χ3v) is 5.80. The Morgan fingerprint density at radius 2 is 1.55 bits per heavy atom. The quantitative estimate of drug-likeness (QED) is 0.330. The van der Waals surface area contributed by atoms with Gasteiger partial charge in [0.15, 0.2) is 5.16 Å². The van der Waals surface area contributed by atoms with Gasteiger partial charge in [-0.15, -0.1) is 0 Å². The maximum absolute atomic E-state index is 13.3. The lowest BCUT2D eigenvalue weighted by atomic mass is 10.2. The molecule has 166 valence electrons. The summed E-state index contributed by atoms with van der Waals surface area (Å²) in [5.74, 6) is -0.319. The van der Waals surface area contributed by atoms with Gasteiger partial charge in [-0.2, -0.15) is 0 Å². The molecule has 0 spiro atoms. The fourth-order valence-corrected chi connectivity index (χ4v) is 4.11. The molecule has 7 nitrogen and oxygen atoms in total. The highest BCUT2D eigenvalue weighted by atomic mass is 32.2. The number of fused-ring (bicyclic) bond motifs is 1. The minimum atomic E-state index is -0.231. The predicted molar refractivity (Wildman–Crippen MR) is 132 cm³/mol. The molecule has 0 saturated carbocycles. The molecule has 4 aromatic rings. The number of anilines is 2. The molecule has 0 fully saturated rings. The second kappa shape index (κ2) is 9.70. The highest BCUT2D eigenvalue weighted by Gasteiger charge is 2.15. The number of nitrogens with one attached hydrogen (secondary N) is 2. The molecular weight excluding hydrogens is 436 g/mol. The zero-order valence-electron chi connectivity index (χ0n) is 18.2. The number of carbonyl (C=O) groups is 2. The Balaban J connectivity index is 1.57. The highest BCUT2D eigenvalue weighted by Crippen LogP contribution is 2.22. The van der Waals surface area contributed by atoms with Crippen molar-refractivity contribution in [1.82, 2.24) is 9.55 Å². The van der Waals surface area contributed by atoms with Crippen molar-refractivity contribution in [1.29, 1.82) is 0 Å². The number of para-hydroxylation sites is 1. The molecule has 0 bridgehead atoms. The number of aromatic nitrogens is 2. The summed E-state index contributed by atoms with van der Waals surface area (Å²) in [5.41, 5.74) is 3.44. The SMILES string of the molecule is CC(=O)Nc1ccc(NC(=O)CSc2nc3ccccc3c(=O)n2-c2ccc(C)cc2)cc1. The maximum atomic E-state index is 13.3. The Labute approximate surface area is 194 Å². The van der Waals surface area contributed by atoms with Crippen LogP contribution in [0, 0.1) is 6.92 Å². The van der Waals surface area contributed by atoms with E-state index in [-0.39, 0.29) is 23.1 Å². The van der Waals surface area contributed by atoms with Gasteiger partial charge >= 0.3 is 0 Å². The van der Waals surface area contributed by atoms with E-state index in [4.69, 9.17) is 0 Å². The Bertz CT molecular complexity index is 1380. The van der Waals surface area contributed by atoms with Crippen LogP contribution in [0.2, 0.25) is 0 Å². The summed E-state index contributed by atoms with van der Waals surface area (Å²) in [6, 6.07) is 21.6. The van der Waals surface area contributed by atoms with Crippen molar-refractivity contribution in [3.05, 3.63) is 88.7 Å². The van der Waals surface area contributed by atoms with E-state index in [2.05, 4.69) is 15.6 Å². The zero-order chi connectivity index (χ0) is 23.4. The van der Waals surface area contributed by atoms with E-state index in [0.29, 0.717) is 33.1 Å². The minimum absolute atomic E-state index is 0.0735. The third-order valence-electron chi connectivity index (χ3n) is 4.86. The van der Waals surface area contributed by atoms with E-state index in [1.807, 2.05) is 43.3 Å². The molecule has 1 aromatic heterocycles. The second-order valence-corrected chi connectivity index (χ2v) is 8.43. The van der Waals surface area contributed by atoms with Gasteiger partial charge in [-0.25, -0.2) is 4.98 Å². The first-order chi connectivity index (χ1) is 15.9. The number of hydrogen-bond donors (Lipinski definition) is 2. The molecule has 0 saturated heterocycles. The van der Waals surface area contributed by atoms with Crippen molar-refractivity contribution in [2.45, 2.75) is 19.0 Å². The number of carbonyl (C=O) groups excluding carboxylic acids is 2. The normalized spacial score (nSPS) is 10.7. The monoisotopic (exact) mass is 458 g/mol. The van der Waals surface area contributed by atoms with Crippen LogP contribution >= 0.6 is 11.8 Å². The summed E-state index contributed by atoms with van der Waals surface area (Å²) >= 11 is 1.20. The summed E-state index contributed by atoms with van der Waals surface area (Å²) in [4.78, 5) is 41.6. The van der Waals surface area contributed by atoms with Gasteiger partial charge in [0, 0.05) is 18.3 Å². The Morgan fingerprint density at radius 1 is 0.909 bits per heavy atom. The Morgan fingerprint density at radius 3 is 2.21 bits per heavy atom. The summed E-state index contributed by atoms with van der Waals surface area (Å²) in [6.07, 6.45) is 0. The first kappa shape index (κ1) is 22.3. The van der Waals surface area contributed by atoms with Crippen LogP contribution in [0.1, 0.15) is 12.5 Å². The Hall–Kier alpha value is -3.91. The summed E-state index contributed by atoms with van der Waals surface area (Å²) in [6.45, 7) is 3.41. The third kappa shape index (κ3) is 5.30. The van der Waals surface area contributed by atoms with Gasteiger partial charge in [0.1, 0.15) is 0 Å². The summed E-state index contributed by atoms with van der Waals surface area (Å²) in [7, 11) is 0. The predicted octanol–water partition coefficient (Wildman–Crippen LogP) is 4.38. The number of aryl methyl sites for hydroxylation is 1. The molecule has 33 heavy (non-hydrogen) atoms. The fraction of sp³-hybridized carbons (Fsp3) is 0.120. The fourth-order valence-electron chi connectivity index (χ4n) is 3.30. The molecule has 3 aromatic carbocycles. The van der Waals surface area contributed by atoms with Crippen molar-refractivity contribution in [2.24, 2.45) is 0 Å². The van der Waals surface area contributed by atoms with Gasteiger partial charge < -0.3 is 10.6 Å². The summed E-state index contributed by atoms with van der Waals surface area (Å²) < 4.78 is 1.54. The largest absolute Gasteiger partial charge is 0.326 e. The second-order valence-electron chi connectivity index (χ2n) is 7.48. The number of amides is 2. The number of rotatable bonds is 6. The molecular formula is C25H22N4O3S. The molecule has 0 atom stereocenters. The van der Waals surface area contributed by atoms with Crippen LogP contribution in [-0.4, -0.2) is 27.1 Å². The molecule has 8 heteroatoms. The van der Waals surface area contributed by atoms with Crippen LogP contribution in [0.25, 0.3) is 16.6 Å². The van der Waals surface area contributed by atoms with E-state index < -0.39 is 0 Å². The van der Waals surface area contributed by atoms with E-state index in [0.717, 1.165) is 5.56 Å². The van der Waals surface area contributed by atoms with Gasteiger partial charge in [0.25, 0.3) is 5.56 Å². The molecule has 0 aliphatic heterocycles. The number of benzene rings is 3.